The van der Waals surface area contributed by atoms with Crippen molar-refractivity contribution in [3.8, 4) is 0 Å². The van der Waals surface area contributed by atoms with Gasteiger partial charge in [-0.3, -0.25) is 9.59 Å². The van der Waals surface area contributed by atoms with E-state index in [1.54, 1.807) is 6.08 Å². The van der Waals surface area contributed by atoms with Crippen molar-refractivity contribution in [2.75, 3.05) is 13.2 Å². The highest BCUT2D eigenvalue weighted by Gasteiger charge is 2.18. The summed E-state index contributed by atoms with van der Waals surface area (Å²) in [5.74, 6) is -0.0589. The van der Waals surface area contributed by atoms with Crippen LogP contribution in [0.2, 0.25) is 0 Å². The molecule has 0 heterocycles. The smallest absolute Gasteiger partial charge is 0.305 e. The second-order valence-electron chi connectivity index (χ2n) is 23.9. The number of carbonyl (C=O) groups is 2. The van der Waals surface area contributed by atoms with Gasteiger partial charge in [0.25, 0.3) is 0 Å². The van der Waals surface area contributed by atoms with E-state index in [0.717, 1.165) is 51.4 Å². The van der Waals surface area contributed by atoms with Crippen LogP contribution < -0.4 is 5.32 Å². The lowest BCUT2D eigenvalue weighted by molar-refractivity contribution is -0.143. The molecule has 0 fully saturated rings. The topological polar surface area (TPSA) is 95.9 Å². The van der Waals surface area contributed by atoms with E-state index in [9.17, 15) is 19.8 Å². The monoisotopic (exact) mass is 1090 g/mol. The first kappa shape index (κ1) is 75.8. The number of unbranched alkanes of at least 4 members (excludes halogenated alkanes) is 48. The Morgan fingerprint density at radius 2 is 0.654 bits per heavy atom. The lowest BCUT2D eigenvalue weighted by atomic mass is 10.0. The van der Waals surface area contributed by atoms with Crippen molar-refractivity contribution in [3.05, 3.63) is 48.6 Å². The number of aliphatic hydroxyl groups is 2. The Bertz CT molecular complexity index is 1310. The first-order chi connectivity index (χ1) is 38.5. The van der Waals surface area contributed by atoms with E-state index in [-0.39, 0.29) is 18.5 Å². The zero-order valence-corrected chi connectivity index (χ0v) is 52.4. The van der Waals surface area contributed by atoms with Gasteiger partial charge in [-0.25, -0.2) is 0 Å². The zero-order valence-electron chi connectivity index (χ0n) is 52.4. The van der Waals surface area contributed by atoms with Gasteiger partial charge in [-0.15, -0.1) is 0 Å². The molecule has 0 aromatic heterocycles. The summed E-state index contributed by atoms with van der Waals surface area (Å²) in [4.78, 5) is 24.5. The average Bonchev–Trinajstić information content (AvgIpc) is 3.44. The number of nitrogens with one attached hydrogen (secondary N) is 1. The van der Waals surface area contributed by atoms with Crippen LogP contribution in [-0.4, -0.2) is 47.4 Å². The molecule has 0 saturated carbocycles. The molecule has 0 aliphatic rings. The zero-order chi connectivity index (χ0) is 56.4. The third-order valence-electron chi connectivity index (χ3n) is 16.1. The lowest BCUT2D eigenvalue weighted by Crippen LogP contribution is -2.45. The van der Waals surface area contributed by atoms with Crippen molar-refractivity contribution in [1.29, 1.82) is 0 Å². The molecule has 0 radical (unpaired) electrons. The summed E-state index contributed by atoms with van der Waals surface area (Å²) >= 11 is 0. The van der Waals surface area contributed by atoms with Gasteiger partial charge >= 0.3 is 5.97 Å². The molecule has 0 saturated heterocycles. The van der Waals surface area contributed by atoms with Crippen LogP contribution in [0.3, 0.4) is 0 Å². The summed E-state index contributed by atoms with van der Waals surface area (Å²) < 4.78 is 5.48. The SMILES string of the molecule is CCCC/C=C\C/C=C\CCCCCCCC(=O)OCCCCCCCCCCCCCCCC/C=C\CCCCCCCCCCCCCCCCCCCC(=O)NC(CO)C(O)/C=C/CCCCCCCCCCCC. The highest BCUT2D eigenvalue weighted by molar-refractivity contribution is 5.76. The number of rotatable bonds is 65. The Morgan fingerprint density at radius 3 is 1.03 bits per heavy atom. The summed E-state index contributed by atoms with van der Waals surface area (Å²) in [5, 5.41) is 23.1. The van der Waals surface area contributed by atoms with Gasteiger partial charge in [0.15, 0.2) is 0 Å². The van der Waals surface area contributed by atoms with Crippen LogP contribution in [0.4, 0.5) is 0 Å². The van der Waals surface area contributed by atoms with Crippen molar-refractivity contribution < 1.29 is 24.5 Å². The van der Waals surface area contributed by atoms with Crippen LogP contribution in [-0.2, 0) is 14.3 Å². The Morgan fingerprint density at radius 1 is 0.359 bits per heavy atom. The fraction of sp³-hybridized carbons (Fsp3) is 0.861. The maximum atomic E-state index is 12.5. The molecule has 0 rings (SSSR count). The predicted octanol–water partition coefficient (Wildman–Crippen LogP) is 22.5. The summed E-state index contributed by atoms with van der Waals surface area (Å²) in [6.07, 6.45) is 87.7. The van der Waals surface area contributed by atoms with Gasteiger partial charge < -0.3 is 20.3 Å². The number of hydrogen-bond donors (Lipinski definition) is 3. The van der Waals surface area contributed by atoms with E-state index in [4.69, 9.17) is 4.74 Å². The van der Waals surface area contributed by atoms with Gasteiger partial charge in [0.05, 0.1) is 25.4 Å². The summed E-state index contributed by atoms with van der Waals surface area (Å²) in [6, 6.07) is -0.624. The van der Waals surface area contributed by atoms with Crippen molar-refractivity contribution >= 4 is 11.9 Å². The standard InChI is InChI=1S/C72H135NO5/c1-3-5-7-9-11-13-15-17-42-46-50-54-58-62-66-72(77)78-67-63-59-55-51-47-43-40-38-36-34-32-30-28-26-24-22-20-18-19-21-23-25-27-29-31-33-35-37-39-41-45-49-53-57-61-65-71(76)73-69(68-74)70(75)64-60-56-52-48-44-16-14-12-10-8-6-4-2/h9,11,15,17,20,22,60,64,69-70,74-75H,3-8,10,12-14,16,18-19,21,23-59,61-63,65-68H2,1-2H3,(H,73,76)/b11-9-,17-15-,22-20-,64-60+. The van der Waals surface area contributed by atoms with Crippen molar-refractivity contribution in [3.63, 3.8) is 0 Å². The molecular weight excluding hydrogens is 959 g/mol. The molecule has 0 aromatic rings. The molecule has 2 unspecified atom stereocenters. The van der Waals surface area contributed by atoms with Crippen LogP contribution in [0.15, 0.2) is 48.6 Å². The molecule has 0 aliphatic heterocycles. The van der Waals surface area contributed by atoms with Gasteiger partial charge in [-0.1, -0.05) is 326 Å². The fourth-order valence-electron chi connectivity index (χ4n) is 10.7. The Kier molecular flexibility index (Phi) is 65.4. The largest absolute Gasteiger partial charge is 0.466 e. The second kappa shape index (κ2) is 67.3. The van der Waals surface area contributed by atoms with Crippen LogP contribution in [0, 0.1) is 0 Å². The average molecular weight is 1090 g/mol. The summed E-state index contributed by atoms with van der Waals surface area (Å²) in [6.45, 7) is 4.87. The second-order valence-corrected chi connectivity index (χ2v) is 23.9. The lowest BCUT2D eigenvalue weighted by Gasteiger charge is -2.20. The Labute approximate surface area is 486 Å². The number of aliphatic hydroxyl groups excluding tert-OH is 2. The van der Waals surface area contributed by atoms with Crippen LogP contribution >= 0.6 is 0 Å². The van der Waals surface area contributed by atoms with E-state index in [2.05, 4.69) is 55.6 Å². The molecule has 458 valence electrons. The minimum absolute atomic E-state index is 0.00519. The molecule has 0 aliphatic carbocycles. The highest BCUT2D eigenvalue weighted by atomic mass is 16.5. The van der Waals surface area contributed by atoms with Gasteiger partial charge in [0.1, 0.15) is 0 Å². The molecule has 6 heteroatoms. The first-order valence-corrected chi connectivity index (χ1v) is 34.9. The third kappa shape index (κ3) is 63.0. The van der Waals surface area contributed by atoms with Crippen LogP contribution in [0.5, 0.6) is 0 Å². The van der Waals surface area contributed by atoms with Gasteiger partial charge in [-0.05, 0) is 83.5 Å². The van der Waals surface area contributed by atoms with Crippen molar-refractivity contribution in [2.24, 2.45) is 0 Å². The van der Waals surface area contributed by atoms with E-state index < -0.39 is 12.1 Å². The number of carbonyl (C=O) groups excluding carboxylic acids is 2. The third-order valence-corrected chi connectivity index (χ3v) is 16.1. The van der Waals surface area contributed by atoms with Gasteiger partial charge in [0.2, 0.25) is 5.91 Å². The van der Waals surface area contributed by atoms with E-state index in [0.29, 0.717) is 19.4 Å². The minimum atomic E-state index is -0.841. The molecule has 0 bridgehead atoms. The van der Waals surface area contributed by atoms with Crippen LogP contribution in [0.25, 0.3) is 0 Å². The fourth-order valence-corrected chi connectivity index (χ4v) is 10.7. The molecule has 0 spiro atoms. The number of ether oxygens (including phenoxy) is 1. The molecule has 1 amide bonds. The number of hydrogen-bond acceptors (Lipinski definition) is 5. The normalized spacial score (nSPS) is 12.8. The number of amides is 1. The Hall–Kier alpha value is -2.18. The molecule has 6 nitrogen and oxygen atoms in total. The highest BCUT2D eigenvalue weighted by Crippen LogP contribution is 2.18. The molecule has 2 atom stereocenters. The molecule has 78 heavy (non-hydrogen) atoms. The number of allylic oxidation sites excluding steroid dienone is 7. The maximum absolute atomic E-state index is 12.5. The number of esters is 1. The minimum Gasteiger partial charge on any atom is -0.466 e. The van der Waals surface area contributed by atoms with Gasteiger partial charge in [-0.2, -0.15) is 0 Å². The molecule has 3 N–H and O–H groups in total. The quantitative estimate of drug-likeness (QED) is 0.0320. The first-order valence-electron chi connectivity index (χ1n) is 34.9. The van der Waals surface area contributed by atoms with Crippen molar-refractivity contribution in [2.45, 2.75) is 386 Å². The summed E-state index contributed by atoms with van der Waals surface area (Å²) in [7, 11) is 0. The van der Waals surface area contributed by atoms with E-state index in [1.807, 2.05) is 6.08 Å². The van der Waals surface area contributed by atoms with Crippen LogP contribution in [0.1, 0.15) is 373 Å². The van der Waals surface area contributed by atoms with E-state index >= 15 is 0 Å². The van der Waals surface area contributed by atoms with E-state index in [1.165, 1.54) is 295 Å². The Balaban J connectivity index is 3.34. The maximum Gasteiger partial charge on any atom is 0.305 e. The summed E-state index contributed by atoms with van der Waals surface area (Å²) in [5.41, 5.74) is 0. The molecule has 0 aromatic carbocycles. The predicted molar refractivity (Wildman–Crippen MR) is 342 cm³/mol. The molecular formula is C72H135NO5. The van der Waals surface area contributed by atoms with Crippen molar-refractivity contribution in [1.82, 2.24) is 5.32 Å². The van der Waals surface area contributed by atoms with Gasteiger partial charge in [0, 0.05) is 12.8 Å².